The number of nitrogen functional groups attached to an aromatic ring is 1. The molecule has 2 aromatic heterocycles. The zero-order chi connectivity index (χ0) is 23.6. The summed E-state index contributed by atoms with van der Waals surface area (Å²) >= 11 is 0. The predicted octanol–water partition coefficient (Wildman–Crippen LogP) is 3.90. The number of nitrogens with zero attached hydrogens (tertiary/aromatic N) is 3. The molecule has 2 aliphatic rings. The van der Waals surface area contributed by atoms with Crippen LogP contribution in [0.3, 0.4) is 0 Å². The topological polar surface area (TPSA) is 127 Å². The third kappa shape index (κ3) is 3.08. The van der Waals surface area contributed by atoms with Crippen molar-refractivity contribution in [2.24, 2.45) is 0 Å². The Morgan fingerprint density at radius 1 is 1.21 bits per heavy atom. The molecule has 170 valence electrons. The van der Waals surface area contributed by atoms with E-state index in [4.69, 9.17) is 10.2 Å². The molecule has 8 nitrogen and oxygen atoms in total. The largest absolute Gasteiger partial charge is 0.439 e. The average Bonchev–Trinajstić information content (AvgIpc) is 3.56. The van der Waals surface area contributed by atoms with Gasteiger partial charge in [0.1, 0.15) is 6.07 Å². The van der Waals surface area contributed by atoms with Gasteiger partial charge in [-0.15, -0.1) is 0 Å². The number of anilines is 1. The summed E-state index contributed by atoms with van der Waals surface area (Å²) in [4.78, 5) is 30.1. The normalized spacial score (nSPS) is 18.2. The summed E-state index contributed by atoms with van der Waals surface area (Å²) in [5.74, 6) is 0.291. The number of fused-ring (bicyclic) bond motifs is 3. The summed E-state index contributed by atoms with van der Waals surface area (Å²) in [6.45, 7) is 2.57. The lowest BCUT2D eigenvalue weighted by Gasteiger charge is -2.18. The van der Waals surface area contributed by atoms with Crippen LogP contribution in [0, 0.1) is 18.3 Å². The Balaban J connectivity index is 1.61. The molecule has 1 saturated heterocycles. The summed E-state index contributed by atoms with van der Waals surface area (Å²) in [6, 6.07) is 11.6. The quantitative estimate of drug-likeness (QED) is 0.453. The lowest BCUT2D eigenvalue weighted by atomic mass is 9.95. The summed E-state index contributed by atoms with van der Waals surface area (Å²) in [6.07, 6.45) is 2.92. The number of hydrogen-bond donors (Lipinski definition) is 2. The van der Waals surface area contributed by atoms with Crippen molar-refractivity contribution in [3.63, 3.8) is 0 Å². The van der Waals surface area contributed by atoms with E-state index < -0.39 is 0 Å². The van der Waals surface area contributed by atoms with Gasteiger partial charge < -0.3 is 20.0 Å². The van der Waals surface area contributed by atoms with Crippen LogP contribution in [-0.4, -0.2) is 22.0 Å². The average molecular weight is 454 g/mol. The second kappa shape index (κ2) is 7.45. The number of aryl methyl sites for hydroxylation is 1. The summed E-state index contributed by atoms with van der Waals surface area (Å²) < 4.78 is 8.05. The Morgan fingerprint density at radius 2 is 2.03 bits per heavy atom. The van der Waals surface area contributed by atoms with Crippen LogP contribution >= 0.6 is 0 Å². The van der Waals surface area contributed by atoms with E-state index in [1.807, 2.05) is 29.7 Å². The Bertz CT molecular complexity index is 1600. The number of carbonyl (C=O) groups excluding carboxylic acids is 1. The van der Waals surface area contributed by atoms with Gasteiger partial charge in [0.2, 0.25) is 5.91 Å². The van der Waals surface area contributed by atoms with Gasteiger partial charge in [0.15, 0.2) is 17.0 Å². The maximum atomic E-state index is 13.6. The predicted molar refractivity (Wildman–Crippen MR) is 128 cm³/mol. The molecule has 8 heteroatoms. The van der Waals surface area contributed by atoms with E-state index in [1.165, 1.54) is 0 Å². The molecule has 0 bridgehead atoms. The molecule has 1 atom stereocenters. The number of piperidine rings is 1. The fraction of sp³-hybridized carbons (Fsp3) is 0.308. The Hall–Kier alpha value is -4.12. The Labute approximate surface area is 195 Å². The number of rotatable bonds is 3. The van der Waals surface area contributed by atoms with Crippen molar-refractivity contribution in [2.45, 2.75) is 44.6 Å². The molecule has 1 unspecified atom stereocenters. The first-order chi connectivity index (χ1) is 16.5. The molecule has 0 radical (unpaired) electrons. The molecule has 1 aliphatic carbocycles. The molecule has 34 heavy (non-hydrogen) atoms. The van der Waals surface area contributed by atoms with Gasteiger partial charge in [0, 0.05) is 36.0 Å². The number of aromatic nitrogens is 2. The van der Waals surface area contributed by atoms with Crippen molar-refractivity contribution in [2.75, 3.05) is 12.3 Å². The molecule has 3 heterocycles. The number of amides is 1. The number of oxazole rings is 1. The number of hydrogen-bond acceptors (Lipinski definition) is 6. The first-order valence-electron chi connectivity index (χ1n) is 11.5. The molecule has 4 aromatic rings. The Morgan fingerprint density at radius 3 is 2.76 bits per heavy atom. The maximum absolute atomic E-state index is 13.6. The third-order valence-electron chi connectivity index (χ3n) is 6.97. The fourth-order valence-corrected chi connectivity index (χ4v) is 5.06. The second-order valence-corrected chi connectivity index (χ2v) is 9.22. The number of carbonyl (C=O) groups is 1. The molecule has 1 saturated carbocycles. The first kappa shape index (κ1) is 20.5. The first-order valence-corrected chi connectivity index (χ1v) is 11.5. The van der Waals surface area contributed by atoms with Gasteiger partial charge in [-0.05, 0) is 61.1 Å². The van der Waals surface area contributed by atoms with Crippen LogP contribution in [0.5, 0.6) is 0 Å². The molecule has 6 rings (SSSR count). The SMILES string of the molecule is Cc1c(-c2ccc(N)c(C#N)c2)ccc2c3oc(C4CCNC(=O)C4)nc3c(=O)n(C3CC3)c12. The van der Waals surface area contributed by atoms with Crippen molar-refractivity contribution in [1.29, 1.82) is 5.26 Å². The monoisotopic (exact) mass is 453 g/mol. The zero-order valence-electron chi connectivity index (χ0n) is 18.7. The standard InChI is InChI=1S/C26H23N5O3/c1-13-18(14-2-7-20(28)16(10-14)12-27)5-6-19-23(13)31(17-3-4-17)26(33)22-24(19)34-25(30-22)15-8-9-29-21(32)11-15/h2,5-7,10,15,17H,3-4,8-9,11,28H2,1H3,(H,29,32). The lowest BCUT2D eigenvalue weighted by molar-refractivity contribution is -0.122. The highest BCUT2D eigenvalue weighted by Crippen LogP contribution is 2.41. The molecule has 3 N–H and O–H groups in total. The number of pyridine rings is 1. The molecule has 1 aliphatic heterocycles. The molecular weight excluding hydrogens is 430 g/mol. The number of nitriles is 1. The van der Waals surface area contributed by atoms with Gasteiger partial charge in [-0.2, -0.15) is 5.26 Å². The number of nitrogens with two attached hydrogens (primary N) is 1. The van der Waals surface area contributed by atoms with E-state index in [9.17, 15) is 14.9 Å². The summed E-state index contributed by atoms with van der Waals surface area (Å²) in [5, 5.41) is 13.1. The van der Waals surface area contributed by atoms with Gasteiger partial charge in [-0.1, -0.05) is 12.1 Å². The Kier molecular flexibility index (Phi) is 4.49. The molecular formula is C26H23N5O3. The van der Waals surface area contributed by atoms with Crippen LogP contribution in [0.4, 0.5) is 5.69 Å². The molecule has 2 fully saturated rings. The van der Waals surface area contributed by atoms with E-state index in [0.29, 0.717) is 41.2 Å². The van der Waals surface area contributed by atoms with Crippen molar-refractivity contribution in [3.05, 3.63) is 57.7 Å². The second-order valence-electron chi connectivity index (χ2n) is 9.22. The summed E-state index contributed by atoms with van der Waals surface area (Å²) in [7, 11) is 0. The zero-order valence-corrected chi connectivity index (χ0v) is 18.7. The van der Waals surface area contributed by atoms with Crippen molar-refractivity contribution >= 4 is 33.6 Å². The lowest BCUT2D eigenvalue weighted by Crippen LogP contribution is -2.32. The van der Waals surface area contributed by atoms with Gasteiger partial charge in [0.05, 0.1) is 11.1 Å². The van der Waals surface area contributed by atoms with Gasteiger partial charge in [-0.25, -0.2) is 4.98 Å². The number of nitrogens with one attached hydrogen (secondary N) is 1. The number of benzene rings is 2. The highest BCUT2D eigenvalue weighted by Gasteiger charge is 2.32. The minimum absolute atomic E-state index is 0.0283. The van der Waals surface area contributed by atoms with E-state index in [1.54, 1.807) is 12.1 Å². The van der Waals surface area contributed by atoms with E-state index >= 15 is 0 Å². The molecule has 2 aromatic carbocycles. The molecule has 1 amide bonds. The van der Waals surface area contributed by atoms with Gasteiger partial charge >= 0.3 is 0 Å². The minimum atomic E-state index is -0.157. The van der Waals surface area contributed by atoms with Gasteiger partial charge in [-0.3, -0.25) is 9.59 Å². The van der Waals surface area contributed by atoms with Crippen LogP contribution in [0.15, 0.2) is 39.5 Å². The van der Waals surface area contributed by atoms with Crippen LogP contribution in [0.25, 0.3) is 33.1 Å². The highest BCUT2D eigenvalue weighted by atomic mass is 16.3. The van der Waals surface area contributed by atoms with Crippen LogP contribution < -0.4 is 16.6 Å². The van der Waals surface area contributed by atoms with Crippen molar-refractivity contribution < 1.29 is 9.21 Å². The fourth-order valence-electron chi connectivity index (χ4n) is 5.06. The van der Waals surface area contributed by atoms with Crippen LogP contribution in [0.1, 0.15) is 54.7 Å². The highest BCUT2D eigenvalue weighted by molar-refractivity contribution is 6.04. The summed E-state index contributed by atoms with van der Waals surface area (Å²) in [5.41, 5.74) is 11.0. The maximum Gasteiger partial charge on any atom is 0.281 e. The van der Waals surface area contributed by atoms with Crippen LogP contribution in [-0.2, 0) is 4.79 Å². The minimum Gasteiger partial charge on any atom is -0.439 e. The van der Waals surface area contributed by atoms with Gasteiger partial charge in [0.25, 0.3) is 5.56 Å². The molecule has 0 spiro atoms. The van der Waals surface area contributed by atoms with Crippen molar-refractivity contribution in [1.82, 2.24) is 14.9 Å². The van der Waals surface area contributed by atoms with E-state index in [2.05, 4.69) is 16.4 Å². The smallest absolute Gasteiger partial charge is 0.281 e. The van der Waals surface area contributed by atoms with Crippen LogP contribution in [0.2, 0.25) is 0 Å². The van der Waals surface area contributed by atoms with Crippen molar-refractivity contribution in [3.8, 4) is 17.2 Å². The third-order valence-corrected chi connectivity index (χ3v) is 6.97. The van der Waals surface area contributed by atoms with E-state index in [0.717, 1.165) is 46.9 Å². The van der Waals surface area contributed by atoms with E-state index in [-0.39, 0.29) is 23.4 Å².